The van der Waals surface area contributed by atoms with Crippen LogP contribution >= 0.6 is 0 Å². The molecule has 0 N–H and O–H groups in total. The van der Waals surface area contributed by atoms with Crippen LogP contribution in [0, 0.1) is 0 Å². The van der Waals surface area contributed by atoms with E-state index in [2.05, 4.69) is 16.8 Å². The fourth-order valence-electron chi connectivity index (χ4n) is 6.96. The molecule has 6 rings (SSSR count). The third-order valence-corrected chi connectivity index (χ3v) is 11.3. The Kier molecular flexibility index (Phi) is 9.79. The lowest BCUT2D eigenvalue weighted by Crippen LogP contribution is -2.54. The van der Waals surface area contributed by atoms with Gasteiger partial charge in [-0.25, -0.2) is 13.2 Å². The highest BCUT2D eigenvalue weighted by molar-refractivity contribution is 7.93. The number of hydrogen-bond donors (Lipinski definition) is 0. The van der Waals surface area contributed by atoms with Crippen molar-refractivity contribution in [2.75, 3.05) is 64.8 Å². The predicted octanol–water partition coefficient (Wildman–Crippen LogP) is 4.32. The minimum Gasteiger partial charge on any atom is -0.497 e. The van der Waals surface area contributed by atoms with E-state index >= 15 is 4.79 Å². The van der Waals surface area contributed by atoms with Crippen LogP contribution in [0.4, 0.5) is 10.5 Å². The summed E-state index contributed by atoms with van der Waals surface area (Å²) in [5.74, 6) is -0.301. The molecule has 0 bridgehead atoms. The molecule has 0 radical (unpaired) electrons. The van der Waals surface area contributed by atoms with Gasteiger partial charge in [-0.15, -0.1) is 0 Å². The molecule has 0 aliphatic carbocycles. The number of rotatable bonds is 9. The molecular formula is C36H44N4O8S. The minimum atomic E-state index is -4.60. The molecule has 3 aliphatic heterocycles. The topological polar surface area (TPSA) is 118 Å². The minimum absolute atomic E-state index is 0.0256. The quantitative estimate of drug-likeness (QED) is 0.321. The summed E-state index contributed by atoms with van der Waals surface area (Å²) in [5.41, 5.74) is -1.88. The van der Waals surface area contributed by atoms with Crippen molar-refractivity contribution in [2.24, 2.45) is 0 Å². The summed E-state index contributed by atoms with van der Waals surface area (Å²) in [6, 6.07) is 17.8. The molecule has 3 heterocycles. The second-order valence-corrected chi connectivity index (χ2v) is 14.6. The molecule has 2 amide bonds. The van der Waals surface area contributed by atoms with Gasteiger partial charge in [0.25, 0.3) is 15.9 Å². The smallest absolute Gasteiger partial charge is 0.411 e. The molecule has 13 heteroatoms. The van der Waals surface area contributed by atoms with Gasteiger partial charge in [-0.3, -0.25) is 9.69 Å². The number of benzene rings is 3. The van der Waals surface area contributed by atoms with Crippen LogP contribution in [0.3, 0.4) is 0 Å². The van der Waals surface area contributed by atoms with E-state index in [4.69, 9.17) is 18.9 Å². The van der Waals surface area contributed by atoms with Crippen molar-refractivity contribution >= 4 is 27.7 Å². The number of likely N-dealkylation sites (N-methyl/N-ethyl adjacent to an activating group) is 1. The molecule has 3 aliphatic rings. The molecule has 2 fully saturated rings. The van der Waals surface area contributed by atoms with Crippen LogP contribution in [0.2, 0.25) is 0 Å². The average Bonchev–Trinajstić information content (AvgIpc) is 3.35. The lowest BCUT2D eigenvalue weighted by molar-refractivity contribution is -0.132. The molecule has 1 atom stereocenters. The van der Waals surface area contributed by atoms with Crippen LogP contribution in [0.1, 0.15) is 37.8 Å². The number of likely N-dealkylation sites (tertiary alicyclic amines) is 1. The van der Waals surface area contributed by atoms with Gasteiger partial charge < -0.3 is 28.7 Å². The monoisotopic (exact) mass is 692 g/mol. The van der Waals surface area contributed by atoms with Gasteiger partial charge in [-0.2, -0.15) is 4.31 Å². The summed E-state index contributed by atoms with van der Waals surface area (Å²) in [5, 5.41) is 0. The molecule has 0 aromatic heterocycles. The van der Waals surface area contributed by atoms with E-state index in [1.807, 2.05) is 13.8 Å². The third kappa shape index (κ3) is 6.30. The van der Waals surface area contributed by atoms with Gasteiger partial charge in [0, 0.05) is 50.9 Å². The molecule has 12 nitrogen and oxygen atoms in total. The number of methoxy groups -OCH3 is 2. The average molecular weight is 693 g/mol. The van der Waals surface area contributed by atoms with Crippen molar-refractivity contribution in [3.8, 4) is 17.2 Å². The summed E-state index contributed by atoms with van der Waals surface area (Å²) in [7, 11) is 0.349. The zero-order chi connectivity index (χ0) is 34.9. The highest BCUT2D eigenvalue weighted by atomic mass is 32.2. The number of sulfonamides is 1. The van der Waals surface area contributed by atoms with E-state index in [0.29, 0.717) is 29.2 Å². The molecule has 49 heavy (non-hydrogen) atoms. The normalized spacial score (nSPS) is 20.7. The molecule has 1 unspecified atom stereocenters. The maximum absolute atomic E-state index is 15.1. The first kappa shape index (κ1) is 34.5. The van der Waals surface area contributed by atoms with E-state index in [9.17, 15) is 13.2 Å². The third-order valence-electron chi connectivity index (χ3n) is 9.52. The lowest BCUT2D eigenvalue weighted by atomic mass is 9.86. The molecular weight excluding hydrogens is 648 g/mol. The Morgan fingerprint density at radius 3 is 2.14 bits per heavy atom. The van der Waals surface area contributed by atoms with Crippen molar-refractivity contribution in [1.82, 2.24) is 14.7 Å². The number of nitrogens with zero attached hydrogens (tertiary/aromatic N) is 4. The van der Waals surface area contributed by atoms with Crippen LogP contribution < -0.4 is 18.5 Å². The van der Waals surface area contributed by atoms with Crippen molar-refractivity contribution in [3.05, 3.63) is 77.9 Å². The SMILES string of the molecule is COc1ccc2c(c1)C(OC(=O)N1CCC(N3CCN(C)CC3)CC1)(c1ccccc1OC(C)C)C(=O)N2S(=O)(=O)c1ccccc1OC. The van der Waals surface area contributed by atoms with E-state index in [0.717, 1.165) is 39.0 Å². The Hall–Kier alpha value is -4.33. The predicted molar refractivity (Wildman–Crippen MR) is 184 cm³/mol. The van der Waals surface area contributed by atoms with Crippen LogP contribution in [0.15, 0.2) is 71.6 Å². The van der Waals surface area contributed by atoms with Crippen molar-refractivity contribution in [3.63, 3.8) is 0 Å². The lowest BCUT2D eigenvalue weighted by Gasteiger charge is -2.42. The Labute approximate surface area is 288 Å². The summed E-state index contributed by atoms with van der Waals surface area (Å²) >= 11 is 0. The number of piperidine rings is 1. The first-order chi connectivity index (χ1) is 23.5. The number of carbonyl (C=O) groups excluding carboxylic acids is 2. The number of piperazine rings is 1. The van der Waals surface area contributed by atoms with Crippen molar-refractivity contribution in [1.29, 1.82) is 0 Å². The maximum atomic E-state index is 15.1. The number of para-hydroxylation sites is 2. The Bertz CT molecular complexity index is 1800. The summed E-state index contributed by atoms with van der Waals surface area (Å²) in [4.78, 5) is 35.6. The standard InChI is InChI=1S/C36H44N4O8S/c1-25(2)47-31-11-7-6-10-28(31)36(48-35(42)39-18-16-26(17-19-39)38-22-20-37(3)21-23-38)29-24-27(45-4)14-15-30(29)40(34(36)41)49(43,44)33-13-9-8-12-32(33)46-5/h6-15,24-26H,16-23H2,1-5H3. The fraction of sp³-hybridized carbons (Fsp3) is 0.444. The molecule has 262 valence electrons. The molecule has 3 aromatic carbocycles. The highest BCUT2D eigenvalue weighted by Crippen LogP contribution is 2.53. The molecule has 2 saturated heterocycles. The zero-order valence-electron chi connectivity index (χ0n) is 28.6. The van der Waals surface area contributed by atoms with Gasteiger partial charge in [-0.1, -0.05) is 30.3 Å². The summed E-state index contributed by atoms with van der Waals surface area (Å²) in [6.07, 6.45) is 0.476. The first-order valence-electron chi connectivity index (χ1n) is 16.6. The molecule has 0 spiro atoms. The highest BCUT2D eigenvalue weighted by Gasteiger charge is 2.61. The molecule has 3 aromatic rings. The van der Waals surface area contributed by atoms with Crippen LogP contribution in [0.5, 0.6) is 17.2 Å². The second-order valence-electron chi connectivity index (χ2n) is 12.9. The Morgan fingerprint density at radius 1 is 0.837 bits per heavy atom. The van der Waals surface area contributed by atoms with Crippen LogP contribution in [-0.2, 0) is 25.2 Å². The summed E-state index contributed by atoms with van der Waals surface area (Å²) < 4.78 is 53.3. The van der Waals surface area contributed by atoms with Gasteiger partial charge in [0.2, 0.25) is 5.60 Å². The number of carbonyl (C=O) groups is 2. The van der Waals surface area contributed by atoms with Crippen molar-refractivity contribution < 1.29 is 37.0 Å². The Balaban J connectivity index is 1.45. The second kappa shape index (κ2) is 13.9. The number of hydrogen-bond acceptors (Lipinski definition) is 10. The van der Waals surface area contributed by atoms with Crippen LogP contribution in [-0.4, -0.2) is 108 Å². The first-order valence-corrected chi connectivity index (χ1v) is 18.0. The van der Waals surface area contributed by atoms with Gasteiger partial charge in [-0.05, 0) is 70.1 Å². The van der Waals surface area contributed by atoms with E-state index < -0.39 is 27.6 Å². The Morgan fingerprint density at radius 2 is 1.49 bits per heavy atom. The van der Waals surface area contributed by atoms with Gasteiger partial charge >= 0.3 is 6.09 Å². The molecule has 0 saturated carbocycles. The fourth-order valence-corrected chi connectivity index (χ4v) is 8.58. The van der Waals surface area contributed by atoms with Gasteiger partial charge in [0.15, 0.2) is 0 Å². The zero-order valence-corrected chi connectivity index (χ0v) is 29.4. The number of ether oxygens (including phenoxy) is 4. The number of anilines is 1. The van der Waals surface area contributed by atoms with E-state index in [-0.39, 0.29) is 39.3 Å². The number of fused-ring (bicyclic) bond motifs is 1. The number of amides is 2. The largest absolute Gasteiger partial charge is 0.497 e. The van der Waals surface area contributed by atoms with Crippen LogP contribution in [0.25, 0.3) is 0 Å². The van der Waals surface area contributed by atoms with Gasteiger partial charge in [0.1, 0.15) is 22.1 Å². The van der Waals surface area contributed by atoms with E-state index in [1.165, 1.54) is 32.4 Å². The maximum Gasteiger partial charge on any atom is 0.411 e. The van der Waals surface area contributed by atoms with Crippen molar-refractivity contribution in [2.45, 2.75) is 49.3 Å². The van der Waals surface area contributed by atoms with E-state index in [1.54, 1.807) is 53.4 Å². The summed E-state index contributed by atoms with van der Waals surface area (Å²) in [6.45, 7) is 8.49. The van der Waals surface area contributed by atoms with Gasteiger partial charge in [0.05, 0.1) is 31.6 Å².